The molecule has 0 fully saturated rings. The lowest BCUT2D eigenvalue weighted by molar-refractivity contribution is -0.116. The molecular formula is C28H36FN5O2. The van der Waals surface area contributed by atoms with Crippen molar-refractivity contribution in [1.82, 2.24) is 14.7 Å². The number of anilines is 2. The summed E-state index contributed by atoms with van der Waals surface area (Å²) in [5, 5.41) is 10.4. The van der Waals surface area contributed by atoms with E-state index in [4.69, 9.17) is 5.10 Å². The van der Waals surface area contributed by atoms with E-state index in [1.807, 2.05) is 37.3 Å². The SMILES string of the molecule is CCCCCN(CC(=O)Nc1cc(C(C)(C)C)nn1-c1cccc(C)c1)C(=O)Nc1cccc(F)c1. The van der Waals surface area contributed by atoms with Gasteiger partial charge in [-0.2, -0.15) is 5.10 Å². The first-order chi connectivity index (χ1) is 17.1. The molecule has 7 nitrogen and oxygen atoms in total. The third kappa shape index (κ3) is 7.41. The van der Waals surface area contributed by atoms with Crippen molar-refractivity contribution < 1.29 is 14.0 Å². The van der Waals surface area contributed by atoms with Crippen LogP contribution in [0.1, 0.15) is 58.2 Å². The minimum Gasteiger partial charge on any atom is -0.315 e. The van der Waals surface area contributed by atoms with E-state index >= 15 is 0 Å². The fourth-order valence-electron chi connectivity index (χ4n) is 3.72. The molecular weight excluding hydrogens is 457 g/mol. The molecule has 2 N–H and O–H groups in total. The Morgan fingerprint density at radius 2 is 1.78 bits per heavy atom. The quantitative estimate of drug-likeness (QED) is 0.344. The van der Waals surface area contributed by atoms with Gasteiger partial charge in [-0.25, -0.2) is 13.9 Å². The number of hydrogen-bond donors (Lipinski definition) is 2. The highest BCUT2D eigenvalue weighted by Crippen LogP contribution is 2.26. The zero-order valence-corrected chi connectivity index (χ0v) is 21.8. The smallest absolute Gasteiger partial charge is 0.315 e. The third-order valence-corrected chi connectivity index (χ3v) is 5.72. The second kappa shape index (κ2) is 11.8. The Kier molecular flexibility index (Phi) is 8.85. The molecule has 0 saturated heterocycles. The number of halogens is 1. The maximum absolute atomic E-state index is 13.6. The first kappa shape index (κ1) is 26.9. The molecule has 0 unspecified atom stereocenters. The number of rotatable bonds is 9. The van der Waals surface area contributed by atoms with Gasteiger partial charge in [0.25, 0.3) is 0 Å². The van der Waals surface area contributed by atoms with Crippen LogP contribution in [0, 0.1) is 12.7 Å². The highest BCUT2D eigenvalue weighted by molar-refractivity contribution is 5.96. The van der Waals surface area contributed by atoms with Crippen LogP contribution in [0.15, 0.2) is 54.6 Å². The van der Waals surface area contributed by atoms with Crippen molar-refractivity contribution in [2.75, 3.05) is 23.7 Å². The Morgan fingerprint density at radius 3 is 2.44 bits per heavy atom. The van der Waals surface area contributed by atoms with Crippen LogP contribution < -0.4 is 10.6 Å². The molecule has 36 heavy (non-hydrogen) atoms. The average Bonchev–Trinajstić information content (AvgIpc) is 3.23. The molecule has 0 radical (unpaired) electrons. The largest absolute Gasteiger partial charge is 0.322 e. The fraction of sp³-hybridized carbons (Fsp3) is 0.393. The first-order valence-electron chi connectivity index (χ1n) is 12.4. The number of nitrogens with zero attached hydrogens (tertiary/aromatic N) is 3. The molecule has 1 aromatic heterocycles. The lowest BCUT2D eigenvalue weighted by atomic mass is 9.92. The fourth-order valence-corrected chi connectivity index (χ4v) is 3.72. The highest BCUT2D eigenvalue weighted by Gasteiger charge is 2.23. The molecule has 3 rings (SSSR count). The standard InChI is InChI=1S/C28H36FN5O2/c1-6-7-8-15-33(27(36)30-22-13-10-12-21(29)17-22)19-26(35)31-25-18-24(28(3,4)5)32-34(25)23-14-9-11-20(2)16-23/h9-14,16-18H,6-8,15,19H2,1-5H3,(H,30,36)(H,31,35). The summed E-state index contributed by atoms with van der Waals surface area (Å²) < 4.78 is 15.3. The molecule has 0 spiro atoms. The summed E-state index contributed by atoms with van der Waals surface area (Å²) in [5.74, 6) is -0.244. The second-order valence-corrected chi connectivity index (χ2v) is 10.0. The van der Waals surface area contributed by atoms with Crippen LogP contribution in [0.5, 0.6) is 0 Å². The van der Waals surface area contributed by atoms with Crippen molar-refractivity contribution in [2.45, 2.75) is 59.3 Å². The van der Waals surface area contributed by atoms with E-state index in [2.05, 4.69) is 38.3 Å². The number of benzene rings is 2. The summed E-state index contributed by atoms with van der Waals surface area (Å²) in [7, 11) is 0. The summed E-state index contributed by atoms with van der Waals surface area (Å²) in [6, 6.07) is 15.0. The normalized spacial score (nSPS) is 11.3. The van der Waals surface area contributed by atoms with Gasteiger partial charge in [0, 0.05) is 23.7 Å². The number of hydrogen-bond acceptors (Lipinski definition) is 3. The number of urea groups is 1. The van der Waals surface area contributed by atoms with Gasteiger partial charge in [-0.05, 0) is 49.2 Å². The van der Waals surface area contributed by atoms with Gasteiger partial charge < -0.3 is 15.5 Å². The number of carbonyl (C=O) groups excluding carboxylic acids is 2. The Hall–Kier alpha value is -3.68. The van der Waals surface area contributed by atoms with Gasteiger partial charge in [-0.1, -0.05) is 58.7 Å². The topological polar surface area (TPSA) is 79.3 Å². The highest BCUT2D eigenvalue weighted by atomic mass is 19.1. The molecule has 3 aromatic rings. The van der Waals surface area contributed by atoms with Crippen molar-refractivity contribution in [2.24, 2.45) is 0 Å². The van der Waals surface area contributed by atoms with Crippen LogP contribution in [0.3, 0.4) is 0 Å². The minimum atomic E-state index is -0.450. The summed E-state index contributed by atoms with van der Waals surface area (Å²) in [6.45, 7) is 10.5. The van der Waals surface area contributed by atoms with Crippen LogP contribution >= 0.6 is 0 Å². The molecule has 0 atom stereocenters. The van der Waals surface area contributed by atoms with Crippen molar-refractivity contribution in [3.05, 3.63) is 71.7 Å². The minimum absolute atomic E-state index is 0.144. The molecule has 0 aliphatic carbocycles. The van der Waals surface area contributed by atoms with Crippen LogP contribution in [0.2, 0.25) is 0 Å². The monoisotopic (exact) mass is 493 g/mol. The molecule has 2 aromatic carbocycles. The zero-order chi connectivity index (χ0) is 26.3. The number of amides is 3. The Balaban J connectivity index is 1.81. The van der Waals surface area contributed by atoms with E-state index in [1.54, 1.807) is 10.7 Å². The summed E-state index contributed by atoms with van der Waals surface area (Å²) >= 11 is 0. The molecule has 0 bridgehead atoms. The van der Waals surface area contributed by atoms with E-state index in [0.29, 0.717) is 18.1 Å². The maximum atomic E-state index is 13.6. The number of aromatic nitrogens is 2. The van der Waals surface area contributed by atoms with Gasteiger partial charge in [-0.3, -0.25) is 4.79 Å². The van der Waals surface area contributed by atoms with E-state index in [0.717, 1.165) is 36.2 Å². The van der Waals surface area contributed by atoms with Crippen LogP contribution in [-0.2, 0) is 10.2 Å². The van der Waals surface area contributed by atoms with Gasteiger partial charge >= 0.3 is 6.03 Å². The van der Waals surface area contributed by atoms with Gasteiger partial charge in [-0.15, -0.1) is 0 Å². The van der Waals surface area contributed by atoms with Crippen molar-refractivity contribution in [1.29, 1.82) is 0 Å². The molecule has 8 heteroatoms. The van der Waals surface area contributed by atoms with Gasteiger partial charge in [0.05, 0.1) is 11.4 Å². The van der Waals surface area contributed by atoms with Crippen molar-refractivity contribution in [3.63, 3.8) is 0 Å². The van der Waals surface area contributed by atoms with E-state index in [-0.39, 0.29) is 17.9 Å². The van der Waals surface area contributed by atoms with Crippen LogP contribution in [-0.4, -0.2) is 39.7 Å². The van der Waals surface area contributed by atoms with Gasteiger partial charge in [0.15, 0.2) is 0 Å². The zero-order valence-electron chi connectivity index (χ0n) is 21.8. The average molecular weight is 494 g/mol. The molecule has 3 amide bonds. The molecule has 0 aliphatic heterocycles. The third-order valence-electron chi connectivity index (χ3n) is 5.72. The van der Waals surface area contributed by atoms with E-state index in [9.17, 15) is 14.0 Å². The summed E-state index contributed by atoms with van der Waals surface area (Å²) in [4.78, 5) is 27.6. The number of nitrogens with one attached hydrogen (secondary N) is 2. The lowest BCUT2D eigenvalue weighted by Crippen LogP contribution is -2.41. The molecule has 0 saturated carbocycles. The number of unbranched alkanes of at least 4 members (excludes halogenated alkanes) is 2. The Labute approximate surface area is 212 Å². The molecule has 192 valence electrons. The maximum Gasteiger partial charge on any atom is 0.322 e. The van der Waals surface area contributed by atoms with E-state index in [1.165, 1.54) is 23.1 Å². The predicted molar refractivity (Wildman–Crippen MR) is 142 cm³/mol. The second-order valence-electron chi connectivity index (χ2n) is 10.0. The predicted octanol–water partition coefficient (Wildman–Crippen LogP) is 6.28. The van der Waals surface area contributed by atoms with Gasteiger partial charge in [0.1, 0.15) is 18.2 Å². The van der Waals surface area contributed by atoms with Crippen molar-refractivity contribution >= 4 is 23.4 Å². The number of aryl methyl sites for hydroxylation is 1. The van der Waals surface area contributed by atoms with Crippen molar-refractivity contribution in [3.8, 4) is 5.69 Å². The van der Waals surface area contributed by atoms with Gasteiger partial charge in [0.2, 0.25) is 5.91 Å². The summed E-state index contributed by atoms with van der Waals surface area (Å²) in [5.41, 5.74) is 2.88. The van der Waals surface area contributed by atoms with E-state index < -0.39 is 11.8 Å². The molecule has 0 aliphatic rings. The number of carbonyl (C=O) groups is 2. The summed E-state index contributed by atoms with van der Waals surface area (Å²) in [6.07, 6.45) is 2.67. The molecule has 1 heterocycles. The van der Waals surface area contributed by atoms with Crippen LogP contribution in [0.25, 0.3) is 5.69 Å². The lowest BCUT2D eigenvalue weighted by Gasteiger charge is -2.23. The van der Waals surface area contributed by atoms with Crippen LogP contribution in [0.4, 0.5) is 20.7 Å². The Bertz CT molecular complexity index is 1200. The Morgan fingerprint density at radius 1 is 1.03 bits per heavy atom. The first-order valence-corrected chi connectivity index (χ1v) is 12.4.